The van der Waals surface area contributed by atoms with E-state index in [2.05, 4.69) is 4.52 Å². The minimum absolute atomic E-state index is 0.0483. The Hall–Kier alpha value is -1.92. The average molecular weight is 492 g/mol. The van der Waals surface area contributed by atoms with Gasteiger partial charge in [-0.25, -0.2) is 4.79 Å². The minimum atomic E-state index is -4.85. The van der Waals surface area contributed by atoms with Gasteiger partial charge in [-0.3, -0.25) is 23.1 Å². The average Bonchev–Trinajstić information content (AvgIpc) is 2.97. The van der Waals surface area contributed by atoms with Crippen molar-refractivity contribution in [3.05, 3.63) is 69.0 Å². The molecule has 0 saturated carbocycles. The predicted molar refractivity (Wildman–Crippen MR) is 109 cm³/mol. The Labute approximate surface area is 180 Å². The summed E-state index contributed by atoms with van der Waals surface area (Å²) in [6.45, 7) is -0.839. The lowest BCUT2D eigenvalue weighted by atomic mass is 10.1. The summed E-state index contributed by atoms with van der Waals surface area (Å²) in [7, 11) is -9.57. The first-order valence-electron chi connectivity index (χ1n) is 9.26. The number of ether oxygens (including phenoxy) is 1. The Morgan fingerprint density at radius 3 is 2.28 bits per heavy atom. The fourth-order valence-corrected chi connectivity index (χ4v) is 5.77. The molecule has 2 aromatic rings. The first kappa shape index (κ1) is 24.7. The molecule has 2 heterocycles. The lowest BCUT2D eigenvalue weighted by molar-refractivity contribution is -0.0530. The number of hydrogen-bond acceptors (Lipinski definition) is 8. The zero-order valence-electron chi connectivity index (χ0n) is 16.4. The topological polar surface area (TPSA) is 198 Å². The van der Waals surface area contributed by atoms with Crippen LogP contribution in [0.15, 0.2) is 52.2 Å². The molecule has 2 unspecified atom stereocenters. The van der Waals surface area contributed by atoms with Crippen molar-refractivity contribution in [1.29, 1.82) is 0 Å². The van der Waals surface area contributed by atoms with Crippen LogP contribution in [0, 0.1) is 0 Å². The Morgan fingerprint density at radius 1 is 1.00 bits per heavy atom. The minimum Gasteiger partial charge on any atom is -0.387 e. The highest BCUT2D eigenvalue weighted by Gasteiger charge is 2.45. The molecule has 1 fully saturated rings. The molecule has 0 bridgehead atoms. The zero-order valence-corrected chi connectivity index (χ0v) is 18.2. The number of benzene rings is 1. The van der Waals surface area contributed by atoms with E-state index in [0.717, 1.165) is 21.4 Å². The van der Waals surface area contributed by atoms with Gasteiger partial charge in [0.1, 0.15) is 18.3 Å². The molecule has 1 aromatic carbocycles. The van der Waals surface area contributed by atoms with Gasteiger partial charge in [0, 0.05) is 12.3 Å². The lowest BCUT2D eigenvalue weighted by Crippen LogP contribution is -2.43. The van der Waals surface area contributed by atoms with Crippen molar-refractivity contribution in [1.82, 2.24) is 9.13 Å². The highest BCUT2D eigenvalue weighted by Crippen LogP contribution is 2.55. The largest absolute Gasteiger partial charge is 0.387 e. The Morgan fingerprint density at radius 2 is 1.66 bits per heavy atom. The second-order valence-electron chi connectivity index (χ2n) is 7.20. The summed E-state index contributed by atoms with van der Waals surface area (Å²) in [6, 6.07) is 9.75. The third-order valence-electron chi connectivity index (χ3n) is 4.69. The van der Waals surface area contributed by atoms with Crippen LogP contribution in [0.25, 0.3) is 0 Å². The number of aliphatic hydroxyl groups excluding tert-OH is 2. The summed E-state index contributed by atoms with van der Waals surface area (Å²) >= 11 is 0. The van der Waals surface area contributed by atoms with Gasteiger partial charge < -0.3 is 34.2 Å². The van der Waals surface area contributed by atoms with Crippen molar-refractivity contribution in [2.45, 2.75) is 31.1 Å². The Bertz CT molecular complexity index is 1160. The number of rotatable bonds is 8. The van der Waals surface area contributed by atoms with E-state index in [9.17, 15) is 33.8 Å². The smallest absolute Gasteiger partial charge is 0.340 e. The van der Waals surface area contributed by atoms with Crippen molar-refractivity contribution in [3.8, 4) is 0 Å². The highest BCUT2D eigenvalue weighted by molar-refractivity contribution is 7.70. The van der Waals surface area contributed by atoms with Crippen molar-refractivity contribution in [3.63, 3.8) is 0 Å². The van der Waals surface area contributed by atoms with Crippen molar-refractivity contribution in [2.75, 3.05) is 12.5 Å². The van der Waals surface area contributed by atoms with Crippen molar-refractivity contribution < 1.29 is 43.3 Å². The van der Waals surface area contributed by atoms with Crippen LogP contribution in [0.3, 0.4) is 0 Å². The number of aromatic nitrogens is 2. The molecule has 1 aromatic heterocycles. The van der Waals surface area contributed by atoms with E-state index in [-0.39, 0.29) is 6.54 Å². The lowest BCUT2D eigenvalue weighted by Gasteiger charge is -2.19. The fraction of sp³-hybridized carbons (Fsp3) is 0.412. The van der Waals surface area contributed by atoms with Crippen LogP contribution in [-0.4, -0.2) is 64.8 Å². The molecule has 0 radical (unpaired) electrons. The van der Waals surface area contributed by atoms with Gasteiger partial charge in [0.2, 0.25) is 0 Å². The molecule has 0 spiro atoms. The van der Waals surface area contributed by atoms with Crippen molar-refractivity contribution in [2.24, 2.45) is 0 Å². The van der Waals surface area contributed by atoms with Gasteiger partial charge in [0.05, 0.1) is 13.2 Å². The molecule has 1 aliphatic heterocycles. The van der Waals surface area contributed by atoms with Crippen LogP contribution in [0.4, 0.5) is 0 Å². The van der Waals surface area contributed by atoms with Gasteiger partial charge in [-0.15, -0.1) is 0 Å². The van der Waals surface area contributed by atoms with E-state index in [1.807, 2.05) is 0 Å². The summed E-state index contributed by atoms with van der Waals surface area (Å²) in [5.74, 6) is -1.43. The first-order chi connectivity index (χ1) is 14.9. The third kappa shape index (κ3) is 5.90. The molecule has 15 heteroatoms. The number of aliphatic hydroxyl groups is 2. The summed E-state index contributed by atoms with van der Waals surface area (Å²) in [5.41, 5.74) is -0.748. The monoisotopic (exact) mass is 492 g/mol. The van der Waals surface area contributed by atoms with Gasteiger partial charge >= 0.3 is 20.9 Å². The van der Waals surface area contributed by atoms with Crippen LogP contribution in [-0.2, 0) is 24.9 Å². The van der Waals surface area contributed by atoms with Gasteiger partial charge in [-0.05, 0) is 5.56 Å². The van der Waals surface area contributed by atoms with E-state index in [0.29, 0.717) is 5.56 Å². The number of hydrogen-bond donors (Lipinski definition) is 5. The molecule has 5 N–H and O–H groups in total. The molecular weight excluding hydrogens is 470 g/mol. The zero-order chi connectivity index (χ0) is 23.7. The first-order valence-corrected chi connectivity index (χ1v) is 12.8. The van der Waals surface area contributed by atoms with Crippen LogP contribution in [0.2, 0.25) is 0 Å². The van der Waals surface area contributed by atoms with Gasteiger partial charge in [0.25, 0.3) is 5.56 Å². The molecule has 0 amide bonds. The van der Waals surface area contributed by atoms with Crippen LogP contribution >= 0.6 is 15.2 Å². The van der Waals surface area contributed by atoms with E-state index in [1.165, 1.54) is 0 Å². The maximum absolute atomic E-state index is 12.9. The molecule has 5 atom stereocenters. The molecule has 13 nitrogen and oxygen atoms in total. The second-order valence-corrected chi connectivity index (χ2v) is 11.2. The molecule has 176 valence electrons. The maximum Gasteiger partial charge on any atom is 0.340 e. The SMILES string of the molecule is O=c1ccn([C@@H]2O[C@H](COP(=O)(O)CP(=O)(O)O)[C@H](O)C2O)c(=O)n1Cc1ccccc1. The summed E-state index contributed by atoms with van der Waals surface area (Å²) in [5, 5.41) is 20.5. The van der Waals surface area contributed by atoms with E-state index in [4.69, 9.17) is 14.5 Å². The fourth-order valence-electron chi connectivity index (χ4n) is 3.20. The Balaban J connectivity index is 1.79. The van der Waals surface area contributed by atoms with Crippen LogP contribution < -0.4 is 11.2 Å². The van der Waals surface area contributed by atoms with Crippen LogP contribution in [0.1, 0.15) is 11.8 Å². The quantitative estimate of drug-likeness (QED) is 0.284. The maximum atomic E-state index is 12.9. The summed E-state index contributed by atoms with van der Waals surface area (Å²) in [6.07, 6.45) is -5.08. The molecule has 0 aliphatic carbocycles. The molecule has 3 rings (SSSR count). The number of nitrogens with zero attached hydrogens (tertiary/aromatic N) is 2. The Kier molecular flexibility index (Phi) is 7.35. The molecule has 32 heavy (non-hydrogen) atoms. The molecular formula is C17H22N2O11P2. The van der Waals surface area contributed by atoms with Gasteiger partial charge in [-0.2, -0.15) is 0 Å². The third-order valence-corrected chi connectivity index (χ3v) is 8.15. The molecule has 1 aliphatic rings. The summed E-state index contributed by atoms with van der Waals surface area (Å²) in [4.78, 5) is 52.3. The van der Waals surface area contributed by atoms with Gasteiger partial charge in [-0.1, -0.05) is 30.3 Å². The predicted octanol–water partition coefficient (Wildman–Crippen LogP) is -0.985. The van der Waals surface area contributed by atoms with Gasteiger partial charge in [0.15, 0.2) is 12.1 Å². The summed E-state index contributed by atoms with van der Waals surface area (Å²) < 4.78 is 34.5. The second kappa shape index (κ2) is 9.52. The normalized spacial score (nSPS) is 25.5. The van der Waals surface area contributed by atoms with Crippen molar-refractivity contribution >= 4 is 15.2 Å². The van der Waals surface area contributed by atoms with E-state index in [1.54, 1.807) is 30.3 Å². The highest BCUT2D eigenvalue weighted by atomic mass is 31.2. The van der Waals surface area contributed by atoms with E-state index >= 15 is 0 Å². The van der Waals surface area contributed by atoms with Crippen LogP contribution in [0.5, 0.6) is 0 Å². The van der Waals surface area contributed by atoms with E-state index < -0.39 is 63.5 Å². The molecule has 1 saturated heterocycles. The standard InChI is InChI=1S/C17H22N2O11P2/c20-13-6-7-18(17(23)19(13)8-11-4-2-1-3-5-11)16-15(22)14(21)12(30-16)9-29-32(27,28)10-31(24,25)26/h1-7,12,14-16,21-22H,8-10H2,(H,27,28)(H2,24,25,26)/t12-,14+,15?,16-/m1/s1.